The van der Waals surface area contributed by atoms with Crippen LogP contribution in [0.25, 0.3) is 0 Å². The van der Waals surface area contributed by atoms with E-state index in [4.69, 9.17) is 4.74 Å². The van der Waals surface area contributed by atoms with Crippen LogP contribution in [0.1, 0.15) is 54.9 Å². The van der Waals surface area contributed by atoms with E-state index in [0.717, 1.165) is 29.7 Å². The van der Waals surface area contributed by atoms with Crippen LogP contribution in [0.5, 0.6) is 0 Å². The summed E-state index contributed by atoms with van der Waals surface area (Å²) in [6.07, 6.45) is 6.65. The molecule has 166 valence electrons. The smallest absolute Gasteiger partial charge is 0.165 e. The average Bonchev–Trinajstić information content (AvgIpc) is 3.26. The van der Waals surface area contributed by atoms with Crippen LogP contribution < -0.4 is 0 Å². The third-order valence-electron chi connectivity index (χ3n) is 6.08. The van der Waals surface area contributed by atoms with Crippen LogP contribution in [0, 0.1) is 0 Å². The molecule has 1 heterocycles. The Bertz CT molecular complexity index is 985. The molecule has 0 aliphatic carbocycles. The molecule has 0 bridgehead atoms. The highest BCUT2D eigenvalue weighted by Crippen LogP contribution is 2.50. The van der Waals surface area contributed by atoms with E-state index in [9.17, 15) is 4.79 Å². The van der Waals surface area contributed by atoms with E-state index in [-0.39, 0.29) is 11.9 Å². The summed E-state index contributed by atoms with van der Waals surface area (Å²) in [6, 6.07) is 29.7. The van der Waals surface area contributed by atoms with Gasteiger partial charge in [0.15, 0.2) is 4.93 Å². The summed E-state index contributed by atoms with van der Waals surface area (Å²) < 4.78 is 6.80. The molecule has 2 atom stereocenters. The van der Waals surface area contributed by atoms with Gasteiger partial charge in [-0.3, -0.25) is 4.79 Å². The standard InChI is InChI=1S/C29H32O2S/c1-23(30)21-25-17-19-27(20-18-25)29(26-14-8-4-9-15-26)31-28(22-32-29)16-10-3-7-13-24-11-5-2-6-12-24/h2,4-6,8-9,11-12,14-15,17-20,28H,3,7,10,13,16,21-22H2,1H3. The van der Waals surface area contributed by atoms with Crippen LogP contribution >= 0.6 is 11.8 Å². The third-order valence-corrected chi connectivity index (χ3v) is 7.59. The summed E-state index contributed by atoms with van der Waals surface area (Å²) in [5.74, 6) is 1.19. The van der Waals surface area contributed by atoms with E-state index in [1.807, 2.05) is 11.8 Å². The van der Waals surface area contributed by atoms with E-state index in [1.54, 1.807) is 6.92 Å². The molecule has 32 heavy (non-hydrogen) atoms. The van der Waals surface area contributed by atoms with Gasteiger partial charge < -0.3 is 4.74 Å². The van der Waals surface area contributed by atoms with Gasteiger partial charge in [0.05, 0.1) is 6.10 Å². The Morgan fingerprint density at radius 1 is 0.844 bits per heavy atom. The largest absolute Gasteiger partial charge is 0.352 e. The van der Waals surface area contributed by atoms with Crippen molar-refractivity contribution in [3.63, 3.8) is 0 Å². The Kier molecular flexibility index (Phi) is 7.83. The first kappa shape index (κ1) is 22.8. The SMILES string of the molecule is CC(=O)Cc1ccc(C2(c3ccccc3)OC(CCCCCc3ccccc3)CS2)cc1. The zero-order chi connectivity index (χ0) is 22.2. The Morgan fingerprint density at radius 2 is 1.50 bits per heavy atom. The summed E-state index contributed by atoms with van der Waals surface area (Å²) in [5, 5.41) is 0. The van der Waals surface area contributed by atoms with Crippen molar-refractivity contribution in [2.45, 2.75) is 56.5 Å². The number of benzene rings is 3. The summed E-state index contributed by atoms with van der Waals surface area (Å²) in [6.45, 7) is 1.64. The molecule has 2 nitrogen and oxygen atoms in total. The van der Waals surface area contributed by atoms with Gasteiger partial charge in [-0.15, -0.1) is 11.8 Å². The van der Waals surface area contributed by atoms with Crippen LogP contribution in [0.3, 0.4) is 0 Å². The van der Waals surface area contributed by atoms with Crippen molar-refractivity contribution >= 4 is 17.5 Å². The summed E-state index contributed by atoms with van der Waals surface area (Å²) in [4.78, 5) is 11.0. The second-order valence-corrected chi connectivity index (χ2v) is 9.89. The maximum absolute atomic E-state index is 11.5. The molecule has 0 spiro atoms. The molecule has 4 rings (SSSR count). The highest BCUT2D eigenvalue weighted by molar-refractivity contribution is 8.00. The van der Waals surface area contributed by atoms with Crippen LogP contribution in [0.4, 0.5) is 0 Å². The molecule has 0 amide bonds. The molecule has 1 saturated heterocycles. The number of ether oxygens (including phenoxy) is 1. The van der Waals surface area contributed by atoms with Crippen molar-refractivity contribution in [2.24, 2.45) is 0 Å². The Morgan fingerprint density at radius 3 is 2.19 bits per heavy atom. The van der Waals surface area contributed by atoms with E-state index >= 15 is 0 Å². The first-order valence-electron chi connectivity index (χ1n) is 11.7. The lowest BCUT2D eigenvalue weighted by Gasteiger charge is -2.30. The molecule has 0 radical (unpaired) electrons. The molecule has 2 unspecified atom stereocenters. The highest BCUT2D eigenvalue weighted by Gasteiger charge is 2.43. The van der Waals surface area contributed by atoms with Gasteiger partial charge >= 0.3 is 0 Å². The Hall–Kier alpha value is -2.36. The molecule has 1 fully saturated rings. The highest BCUT2D eigenvalue weighted by atomic mass is 32.2. The third kappa shape index (κ3) is 5.70. The van der Waals surface area contributed by atoms with Crippen molar-refractivity contribution < 1.29 is 9.53 Å². The van der Waals surface area contributed by atoms with E-state index < -0.39 is 4.93 Å². The maximum Gasteiger partial charge on any atom is 0.165 e. The minimum Gasteiger partial charge on any atom is -0.352 e. The van der Waals surface area contributed by atoms with Gasteiger partial charge in [-0.2, -0.15) is 0 Å². The topological polar surface area (TPSA) is 26.3 Å². The molecule has 3 aromatic carbocycles. The predicted octanol–water partition coefficient (Wildman–Crippen LogP) is 6.95. The Labute approximate surface area is 196 Å². The quantitative estimate of drug-likeness (QED) is 0.316. The van der Waals surface area contributed by atoms with E-state index in [1.165, 1.54) is 30.4 Å². The van der Waals surface area contributed by atoms with Crippen LogP contribution in [0.2, 0.25) is 0 Å². The number of unbranched alkanes of at least 4 members (excludes halogenated alkanes) is 2. The normalized spacial score (nSPS) is 20.3. The van der Waals surface area contributed by atoms with Crippen LogP contribution in [0.15, 0.2) is 84.9 Å². The fourth-order valence-electron chi connectivity index (χ4n) is 4.43. The maximum atomic E-state index is 11.5. The first-order chi connectivity index (χ1) is 15.7. The number of aryl methyl sites for hydroxylation is 1. The molecule has 0 N–H and O–H groups in total. The number of carbonyl (C=O) groups excluding carboxylic acids is 1. The number of ketones is 1. The second kappa shape index (κ2) is 11.0. The second-order valence-electron chi connectivity index (χ2n) is 8.69. The fraction of sp³-hybridized carbons (Fsp3) is 0.345. The molecule has 1 aliphatic rings. The Balaban J connectivity index is 1.39. The number of hydrogen-bond donors (Lipinski definition) is 0. The minimum atomic E-state index is -0.468. The van der Waals surface area contributed by atoms with Gasteiger partial charge in [-0.1, -0.05) is 97.8 Å². The number of Topliss-reactive ketones (excluding diaryl/α,β-unsaturated/α-hetero) is 1. The number of rotatable bonds is 10. The van der Waals surface area contributed by atoms with E-state index in [2.05, 4.69) is 84.9 Å². The van der Waals surface area contributed by atoms with Gasteiger partial charge in [0.2, 0.25) is 0 Å². The molecule has 3 heteroatoms. The fourth-order valence-corrected chi connectivity index (χ4v) is 5.90. The lowest BCUT2D eigenvalue weighted by atomic mass is 9.98. The van der Waals surface area contributed by atoms with Crippen LogP contribution in [-0.2, 0) is 27.3 Å². The van der Waals surface area contributed by atoms with Gasteiger partial charge in [-0.25, -0.2) is 0 Å². The number of carbonyl (C=O) groups is 1. The van der Waals surface area contributed by atoms with Gasteiger partial charge in [-0.05, 0) is 48.4 Å². The van der Waals surface area contributed by atoms with Gasteiger partial charge in [0, 0.05) is 12.2 Å². The van der Waals surface area contributed by atoms with Crippen molar-refractivity contribution in [2.75, 3.05) is 5.75 Å². The lowest BCUT2D eigenvalue weighted by Crippen LogP contribution is -2.26. The molecule has 1 aliphatic heterocycles. The minimum absolute atomic E-state index is 0.189. The monoisotopic (exact) mass is 444 g/mol. The molecular weight excluding hydrogens is 412 g/mol. The van der Waals surface area contributed by atoms with Crippen molar-refractivity contribution in [1.29, 1.82) is 0 Å². The average molecular weight is 445 g/mol. The molecular formula is C29H32O2S. The number of hydrogen-bond acceptors (Lipinski definition) is 3. The number of thioether (sulfide) groups is 1. The summed E-state index contributed by atoms with van der Waals surface area (Å²) in [7, 11) is 0. The molecule has 3 aromatic rings. The lowest BCUT2D eigenvalue weighted by molar-refractivity contribution is -0.116. The zero-order valence-electron chi connectivity index (χ0n) is 18.8. The van der Waals surface area contributed by atoms with Crippen molar-refractivity contribution in [1.82, 2.24) is 0 Å². The molecule has 0 saturated carbocycles. The summed E-state index contributed by atoms with van der Waals surface area (Å²) >= 11 is 1.90. The van der Waals surface area contributed by atoms with E-state index in [0.29, 0.717) is 6.42 Å². The van der Waals surface area contributed by atoms with Crippen molar-refractivity contribution in [3.8, 4) is 0 Å². The summed E-state index contributed by atoms with van der Waals surface area (Å²) in [5.41, 5.74) is 4.84. The van der Waals surface area contributed by atoms with Crippen LogP contribution in [-0.4, -0.2) is 17.6 Å². The molecule has 0 aromatic heterocycles. The predicted molar refractivity (Wildman–Crippen MR) is 134 cm³/mol. The van der Waals surface area contributed by atoms with Gasteiger partial charge in [0.25, 0.3) is 0 Å². The zero-order valence-corrected chi connectivity index (χ0v) is 19.7. The van der Waals surface area contributed by atoms with Crippen molar-refractivity contribution in [3.05, 3.63) is 107 Å². The van der Waals surface area contributed by atoms with Gasteiger partial charge in [0.1, 0.15) is 5.78 Å². The first-order valence-corrected chi connectivity index (χ1v) is 12.6.